The number of hydrogen-bond acceptors (Lipinski definition) is 5. The topological polar surface area (TPSA) is 77.0 Å². The van der Waals surface area contributed by atoms with Crippen LogP contribution in [0.25, 0.3) is 11.0 Å². The minimum absolute atomic E-state index is 0.283. The number of hydrogen-bond donors (Lipinski definition) is 1. The van der Waals surface area contributed by atoms with Crippen molar-refractivity contribution in [3.63, 3.8) is 0 Å². The maximum absolute atomic E-state index is 12.8. The van der Waals surface area contributed by atoms with Gasteiger partial charge in [0.15, 0.2) is 11.5 Å². The Morgan fingerprint density at radius 2 is 1.88 bits per heavy atom. The fraction of sp³-hybridized carbons (Fsp3) is 0.235. The van der Waals surface area contributed by atoms with Crippen LogP contribution in [0.4, 0.5) is 11.6 Å². The zero-order chi connectivity index (χ0) is 16.7. The Hall–Kier alpha value is -2.60. The summed E-state index contributed by atoms with van der Waals surface area (Å²) in [5, 5.41) is 5.22. The van der Waals surface area contributed by atoms with E-state index in [4.69, 9.17) is 17.3 Å². The summed E-state index contributed by atoms with van der Waals surface area (Å²) >= 11 is 6.14. The molecule has 7 heteroatoms. The van der Waals surface area contributed by atoms with Crippen LogP contribution in [-0.2, 0) is 0 Å². The highest BCUT2D eigenvalue weighted by atomic mass is 35.5. The number of benzene rings is 1. The van der Waals surface area contributed by atoms with Crippen LogP contribution in [0.2, 0.25) is 5.02 Å². The van der Waals surface area contributed by atoms with Crippen LogP contribution in [0, 0.1) is 0 Å². The van der Waals surface area contributed by atoms with Gasteiger partial charge in [0, 0.05) is 13.1 Å². The first-order valence-electron chi connectivity index (χ1n) is 7.84. The molecule has 122 valence electrons. The van der Waals surface area contributed by atoms with Gasteiger partial charge in [-0.3, -0.25) is 4.79 Å². The van der Waals surface area contributed by atoms with Gasteiger partial charge < -0.3 is 10.6 Å². The summed E-state index contributed by atoms with van der Waals surface area (Å²) < 4.78 is 1.24. The number of nitrogens with zero attached hydrogens (tertiary/aromatic N) is 4. The van der Waals surface area contributed by atoms with Crippen molar-refractivity contribution in [1.29, 1.82) is 0 Å². The Morgan fingerprint density at radius 3 is 2.62 bits per heavy atom. The molecular weight excluding hydrogens is 326 g/mol. The average molecular weight is 342 g/mol. The fourth-order valence-corrected chi connectivity index (χ4v) is 3.24. The number of pyridine rings is 1. The molecule has 6 nitrogen and oxygen atoms in total. The highest BCUT2D eigenvalue weighted by Crippen LogP contribution is 2.26. The maximum Gasteiger partial charge on any atom is 0.281 e. The van der Waals surface area contributed by atoms with Gasteiger partial charge in [0.25, 0.3) is 5.91 Å². The number of aromatic nitrogens is 3. The highest BCUT2D eigenvalue weighted by Gasteiger charge is 2.21. The maximum atomic E-state index is 12.8. The van der Waals surface area contributed by atoms with Crippen molar-refractivity contribution >= 4 is 40.2 Å². The molecule has 0 bridgehead atoms. The van der Waals surface area contributed by atoms with Gasteiger partial charge >= 0.3 is 0 Å². The van der Waals surface area contributed by atoms with Crippen molar-refractivity contribution in [2.75, 3.05) is 23.7 Å². The van der Waals surface area contributed by atoms with Gasteiger partial charge in [-0.1, -0.05) is 23.7 Å². The van der Waals surface area contributed by atoms with Crippen LogP contribution in [0.5, 0.6) is 0 Å². The zero-order valence-corrected chi connectivity index (χ0v) is 13.7. The normalized spacial score (nSPS) is 14.5. The van der Waals surface area contributed by atoms with Crippen LogP contribution in [0.3, 0.4) is 0 Å². The number of halogens is 1. The van der Waals surface area contributed by atoms with Gasteiger partial charge in [-0.25, -0.2) is 4.98 Å². The predicted octanol–water partition coefficient (Wildman–Crippen LogP) is 2.96. The van der Waals surface area contributed by atoms with Crippen molar-refractivity contribution in [2.24, 2.45) is 0 Å². The molecule has 0 saturated carbocycles. The molecule has 0 unspecified atom stereocenters. The second-order valence-electron chi connectivity index (χ2n) is 5.82. The second-order valence-corrected chi connectivity index (χ2v) is 6.22. The third-order valence-corrected chi connectivity index (χ3v) is 4.60. The van der Waals surface area contributed by atoms with E-state index in [9.17, 15) is 4.79 Å². The Bertz CT molecular complexity index is 930. The lowest BCUT2D eigenvalue weighted by Gasteiger charge is -2.16. The largest absolute Gasteiger partial charge is 0.382 e. The van der Waals surface area contributed by atoms with Crippen molar-refractivity contribution < 1.29 is 4.79 Å². The monoisotopic (exact) mass is 341 g/mol. The molecule has 0 aliphatic carbocycles. The van der Waals surface area contributed by atoms with Gasteiger partial charge in [0.2, 0.25) is 0 Å². The Balaban J connectivity index is 1.84. The van der Waals surface area contributed by atoms with E-state index in [2.05, 4.69) is 15.0 Å². The molecule has 4 rings (SSSR count). The number of rotatable bonds is 2. The average Bonchev–Trinajstić information content (AvgIpc) is 3.23. The summed E-state index contributed by atoms with van der Waals surface area (Å²) in [7, 11) is 0. The molecule has 2 N–H and O–H groups in total. The van der Waals surface area contributed by atoms with Crippen molar-refractivity contribution in [3.8, 4) is 0 Å². The van der Waals surface area contributed by atoms with Crippen molar-refractivity contribution in [1.82, 2.24) is 14.8 Å². The van der Waals surface area contributed by atoms with Gasteiger partial charge in [0.1, 0.15) is 5.82 Å². The molecule has 1 aromatic carbocycles. The van der Waals surface area contributed by atoms with E-state index >= 15 is 0 Å². The second kappa shape index (κ2) is 5.79. The van der Waals surface area contributed by atoms with E-state index < -0.39 is 0 Å². The first-order chi connectivity index (χ1) is 11.6. The lowest BCUT2D eigenvalue weighted by Crippen LogP contribution is -2.20. The molecule has 0 amide bonds. The minimum atomic E-state index is -0.339. The van der Waals surface area contributed by atoms with E-state index in [-0.39, 0.29) is 11.7 Å². The summed E-state index contributed by atoms with van der Waals surface area (Å²) in [6, 6.07) is 10.7. The molecule has 1 aliphatic rings. The number of nitrogen functional groups attached to an aromatic ring is 1. The molecule has 1 fully saturated rings. The van der Waals surface area contributed by atoms with Crippen LogP contribution in [-0.4, -0.2) is 33.8 Å². The zero-order valence-electron chi connectivity index (χ0n) is 12.9. The molecule has 1 aliphatic heterocycles. The minimum Gasteiger partial charge on any atom is -0.382 e. The van der Waals surface area contributed by atoms with Gasteiger partial charge in [-0.15, -0.1) is 5.10 Å². The van der Waals surface area contributed by atoms with E-state index in [1.807, 2.05) is 12.1 Å². The first kappa shape index (κ1) is 15.0. The molecule has 24 heavy (non-hydrogen) atoms. The van der Waals surface area contributed by atoms with Gasteiger partial charge in [-0.05, 0) is 37.1 Å². The standard InChI is InChI=1S/C17H16ClN5O/c18-13-6-2-1-5-11(13)17(24)23-16-12(15(19)21-23)7-8-14(20-16)22-9-3-4-10-22/h1-2,5-8H,3-4,9-10H2,(H2,19,21). The van der Waals surface area contributed by atoms with Crippen molar-refractivity contribution in [2.45, 2.75) is 12.8 Å². The highest BCUT2D eigenvalue weighted by molar-refractivity contribution is 6.34. The Labute approximate surface area is 143 Å². The van der Waals surface area contributed by atoms with Crippen LogP contribution in [0.15, 0.2) is 36.4 Å². The number of fused-ring (bicyclic) bond motifs is 1. The molecule has 0 spiro atoms. The number of carbonyl (C=O) groups excluding carboxylic acids is 1. The SMILES string of the molecule is Nc1nn(C(=O)c2ccccc2Cl)c2nc(N3CCCC3)ccc12. The van der Waals surface area contributed by atoms with E-state index in [1.165, 1.54) is 4.68 Å². The summed E-state index contributed by atoms with van der Waals surface area (Å²) in [5.41, 5.74) is 6.80. The number of carbonyl (C=O) groups is 1. The van der Waals surface area contributed by atoms with Crippen molar-refractivity contribution in [3.05, 3.63) is 47.0 Å². The molecule has 2 aromatic heterocycles. The molecular formula is C17H16ClN5O. The van der Waals surface area contributed by atoms with Gasteiger partial charge in [0.05, 0.1) is 16.0 Å². The predicted molar refractivity (Wildman–Crippen MR) is 94.6 cm³/mol. The summed E-state index contributed by atoms with van der Waals surface area (Å²) in [5.74, 6) is 0.785. The third kappa shape index (κ3) is 2.39. The van der Waals surface area contributed by atoms with E-state index in [1.54, 1.807) is 24.3 Å². The van der Waals surface area contributed by atoms with E-state index in [0.29, 0.717) is 21.6 Å². The summed E-state index contributed by atoms with van der Waals surface area (Å²) in [6.07, 6.45) is 2.30. The smallest absolute Gasteiger partial charge is 0.281 e. The Kier molecular flexibility index (Phi) is 3.61. The fourth-order valence-electron chi connectivity index (χ4n) is 3.02. The first-order valence-corrected chi connectivity index (χ1v) is 8.22. The number of nitrogens with two attached hydrogens (primary N) is 1. The lowest BCUT2D eigenvalue weighted by atomic mass is 10.2. The third-order valence-electron chi connectivity index (χ3n) is 4.27. The molecule has 0 radical (unpaired) electrons. The lowest BCUT2D eigenvalue weighted by molar-refractivity contribution is 0.0950. The van der Waals surface area contributed by atoms with Crippen LogP contribution in [0.1, 0.15) is 23.2 Å². The van der Waals surface area contributed by atoms with E-state index in [0.717, 1.165) is 31.7 Å². The van der Waals surface area contributed by atoms with Crippen LogP contribution < -0.4 is 10.6 Å². The quantitative estimate of drug-likeness (QED) is 0.775. The van der Waals surface area contributed by atoms with Gasteiger partial charge in [-0.2, -0.15) is 4.68 Å². The van der Waals surface area contributed by atoms with Crippen LogP contribution >= 0.6 is 11.6 Å². The Morgan fingerprint density at radius 1 is 1.12 bits per heavy atom. The molecule has 1 saturated heterocycles. The summed E-state index contributed by atoms with van der Waals surface area (Å²) in [4.78, 5) is 19.7. The summed E-state index contributed by atoms with van der Waals surface area (Å²) in [6.45, 7) is 1.95. The molecule has 3 aromatic rings. The number of anilines is 2. The molecule has 0 atom stereocenters. The molecule has 3 heterocycles.